The lowest BCUT2D eigenvalue weighted by molar-refractivity contribution is 0.0272. The Balaban J connectivity index is 0.000000112. The van der Waals surface area contributed by atoms with Crippen LogP contribution < -0.4 is 14.7 Å². The molecule has 0 unspecified atom stereocenters. The van der Waals surface area contributed by atoms with E-state index < -0.39 is 20.2 Å². The minimum atomic E-state index is -3.67. The van der Waals surface area contributed by atoms with Crippen LogP contribution in [0.25, 0.3) is 133 Å². The Kier molecular flexibility index (Phi) is 22.8. The summed E-state index contributed by atoms with van der Waals surface area (Å²) in [7, 11) is -7.33. The maximum Gasteiger partial charge on any atom is 0.261 e. The fourth-order valence-corrected chi connectivity index (χ4v) is 17.5. The molecule has 6 atom stereocenters. The van der Waals surface area contributed by atoms with E-state index in [2.05, 4.69) is 93.0 Å². The molecule has 24 rings (SSSR count). The number of nitrogens with one attached hydrogen (secondary N) is 3. The van der Waals surface area contributed by atoms with E-state index in [0.29, 0.717) is 163 Å². The van der Waals surface area contributed by atoms with Crippen molar-refractivity contribution in [3.63, 3.8) is 0 Å². The normalized spacial score (nSPS) is 20.9. The number of halogens is 1. The van der Waals surface area contributed by atoms with Gasteiger partial charge in [0.05, 0.1) is 99.8 Å². The number of aromatic amines is 3. The summed E-state index contributed by atoms with van der Waals surface area (Å²) in [6, 6.07) is 31.7. The minimum absolute atomic E-state index is 0. The number of likely N-dealkylation sites (tertiary alicyclic amines) is 2. The van der Waals surface area contributed by atoms with Crippen LogP contribution in [0.2, 0.25) is 0 Å². The molecule has 0 amide bonds. The van der Waals surface area contributed by atoms with Crippen molar-refractivity contribution in [2.75, 3.05) is 139 Å². The third-order valence-electron chi connectivity index (χ3n) is 23.0. The Morgan fingerprint density at radius 2 is 0.817 bits per heavy atom. The van der Waals surface area contributed by atoms with Gasteiger partial charge in [0, 0.05) is 176 Å². The quantitative estimate of drug-likeness (QED) is 0.0593. The largest absolute Gasteiger partial charge is 0.432 e. The van der Waals surface area contributed by atoms with Crippen molar-refractivity contribution in [2.24, 2.45) is 5.92 Å². The summed E-state index contributed by atoms with van der Waals surface area (Å²) in [4.78, 5) is 76.5. The number of pyridine rings is 3. The molecule has 20 heterocycles. The molecule has 5 N–H and O–H groups in total. The molecule has 9 aliphatic rings. The standard InChI is InChI=1S/2C27H26N6O3.C22H17N5O3.C6H10O.2CH4O3S.ClH/c2*1-2-20(19-4-5-28-22(19)3-1)25-30-23-21-10-16(13-33-14-18-11-17(33)15-35-18)12-29-27(21)36-24(23)26(31-25)32-6-8-34-9-7-32;28-12-13-10-16-18-19(30-22(16)24-11-13)21(27-6-8-29-9-7-27)26-20(25-18)15-2-1-3-17-14(15)4-5-23-17;1-2-6-3-5(1)4-7-6;2*1-5(2,3)4;/h2*1-5,10,12,17-18,28H,6-9,11,13-15H2;1-5,10-12,23H,6-9H2;5-6H,1-4H2;2*1H3,(H,2,3,4);1H/t2*17-,18-;;5-,6+;;;/m11.0.../s1. The smallest absolute Gasteiger partial charge is 0.261 e. The molecule has 0 spiro atoms. The van der Waals surface area contributed by atoms with Gasteiger partial charge in [0.2, 0.25) is 17.1 Å². The lowest BCUT2D eigenvalue weighted by Crippen LogP contribution is -2.37. The average molecular weight is 1690 g/mol. The Bertz CT molecular complexity index is 6240. The highest BCUT2D eigenvalue weighted by Crippen LogP contribution is 2.42. The zero-order valence-corrected chi connectivity index (χ0v) is 68.2. The SMILES string of the molecule is C1C[C@@H]2C[C@H]1CO2.CS(=O)(=O)O.CS(=O)(=O)O.Cl.O=Cc1cnc2oc3c(N4CCOCC4)nc(-c4cccc5[nH]ccc45)nc3c2c1.c1cc(-c2nc(N3CCOCC3)c3oc4ncc(CN5C[C@H]6C[C@@H]5CO6)cc4c3n2)c2cc[nH]c2c1.c1cc(-c2nc(N3CCOCC3)c3oc4ncc(CN5C[C@H]6C[C@@H]5CO6)cc4c3n2)c2cc[nH]c2c1. The summed E-state index contributed by atoms with van der Waals surface area (Å²) in [5, 5.41) is 5.81. The molecule has 1 saturated carbocycles. The van der Waals surface area contributed by atoms with Crippen molar-refractivity contribution in [1.29, 1.82) is 0 Å². The first-order valence-corrected chi connectivity index (χ1v) is 43.7. The maximum atomic E-state index is 11.3. The first-order chi connectivity index (χ1) is 57.9. The van der Waals surface area contributed by atoms with Gasteiger partial charge in [0.25, 0.3) is 20.2 Å². The van der Waals surface area contributed by atoms with Gasteiger partial charge in [-0.25, -0.2) is 44.9 Å². The number of benzene rings is 3. The number of aromatic nitrogens is 12. The highest BCUT2D eigenvalue weighted by molar-refractivity contribution is 7.85. The summed E-state index contributed by atoms with van der Waals surface area (Å²) >= 11 is 0. The first kappa shape index (κ1) is 80.3. The second-order valence-corrected chi connectivity index (χ2v) is 34.2. The summed E-state index contributed by atoms with van der Waals surface area (Å²) < 4.78 is 104. The fourth-order valence-electron chi connectivity index (χ4n) is 17.5. The Labute approximate surface area is 693 Å². The van der Waals surface area contributed by atoms with Crippen molar-refractivity contribution in [3.8, 4) is 34.2 Å². The van der Waals surface area contributed by atoms with Gasteiger partial charge in [-0.3, -0.25) is 23.7 Å². The predicted molar refractivity (Wildman–Crippen MR) is 454 cm³/mol. The van der Waals surface area contributed by atoms with E-state index in [-0.39, 0.29) is 12.4 Å². The van der Waals surface area contributed by atoms with Gasteiger partial charge in [0.15, 0.2) is 58.0 Å². The van der Waals surface area contributed by atoms with Crippen LogP contribution in [-0.2, 0) is 61.7 Å². The highest BCUT2D eigenvalue weighted by atomic mass is 35.5. The molecule has 9 fully saturated rings. The summed E-state index contributed by atoms with van der Waals surface area (Å²) in [5.74, 6) is 5.27. The van der Waals surface area contributed by atoms with E-state index >= 15 is 0 Å². The Morgan fingerprint density at radius 3 is 1.12 bits per heavy atom. The van der Waals surface area contributed by atoms with E-state index in [1.165, 1.54) is 36.6 Å². The molecule has 120 heavy (non-hydrogen) atoms. The molecule has 8 aliphatic heterocycles. The second-order valence-electron chi connectivity index (χ2n) is 31.3. The number of aldehydes is 1. The monoisotopic (exact) mass is 1690 g/mol. The van der Waals surface area contributed by atoms with Gasteiger partial charge in [-0.15, -0.1) is 12.4 Å². The number of fused-ring (bicyclic) bond motifs is 18. The number of H-pyrrole nitrogens is 3. The molecule has 36 heteroatoms. The molecule has 15 aromatic rings. The number of rotatable bonds is 11. The van der Waals surface area contributed by atoms with E-state index in [0.717, 1.165) is 186 Å². The van der Waals surface area contributed by atoms with Crippen LogP contribution in [0.3, 0.4) is 0 Å². The number of furan rings is 3. The van der Waals surface area contributed by atoms with Crippen molar-refractivity contribution < 1.29 is 72.4 Å². The van der Waals surface area contributed by atoms with Crippen molar-refractivity contribution >= 4 is 156 Å². The van der Waals surface area contributed by atoms with Crippen LogP contribution in [0.15, 0.2) is 141 Å². The molecule has 12 aromatic heterocycles. The molecule has 33 nitrogen and oxygen atoms in total. The average Bonchev–Trinajstić information content (AvgIpc) is 1.58. The zero-order chi connectivity index (χ0) is 81.0. The van der Waals surface area contributed by atoms with Crippen LogP contribution in [0.4, 0.5) is 17.5 Å². The third kappa shape index (κ3) is 17.1. The minimum Gasteiger partial charge on any atom is -0.432 e. The van der Waals surface area contributed by atoms with E-state index in [4.69, 9.17) is 90.6 Å². The molecule has 6 bridgehead atoms. The molecule has 1 aliphatic carbocycles. The molecule has 0 radical (unpaired) electrons. The van der Waals surface area contributed by atoms with Gasteiger partial charge >= 0.3 is 0 Å². The number of carbonyl (C=O) groups is 1. The Hall–Kier alpha value is -10.8. The lowest BCUT2D eigenvalue weighted by Gasteiger charge is -2.27. The molecule has 3 aromatic carbocycles. The predicted octanol–water partition coefficient (Wildman–Crippen LogP) is 11.6. The molecular weight excluding hydrogens is 1600 g/mol. The zero-order valence-electron chi connectivity index (χ0n) is 65.7. The van der Waals surface area contributed by atoms with Crippen molar-refractivity contribution in [2.45, 2.75) is 75.6 Å². The van der Waals surface area contributed by atoms with Crippen LogP contribution in [0, 0.1) is 5.92 Å². The van der Waals surface area contributed by atoms with Gasteiger partial charge in [-0.2, -0.15) is 16.8 Å². The summed E-state index contributed by atoms with van der Waals surface area (Å²) in [6.07, 6.45) is 21.2. The Morgan fingerprint density at radius 1 is 0.450 bits per heavy atom. The number of nitrogens with zero attached hydrogens (tertiary/aromatic N) is 14. The van der Waals surface area contributed by atoms with Crippen LogP contribution in [0.1, 0.15) is 53.6 Å². The van der Waals surface area contributed by atoms with Crippen molar-refractivity contribution in [3.05, 3.63) is 145 Å². The van der Waals surface area contributed by atoms with Crippen molar-refractivity contribution in [1.82, 2.24) is 69.6 Å². The van der Waals surface area contributed by atoms with E-state index in [1.807, 2.05) is 67.4 Å². The number of hydrogen-bond acceptors (Lipinski definition) is 28. The topological polar surface area (TPSA) is 400 Å². The second kappa shape index (κ2) is 34.0. The summed E-state index contributed by atoms with van der Waals surface area (Å²) in [5.41, 5.74) is 14.7. The molecule has 8 saturated heterocycles. The highest BCUT2D eigenvalue weighted by Gasteiger charge is 2.41. The number of hydrogen-bond donors (Lipinski definition) is 5. The van der Waals surface area contributed by atoms with Crippen LogP contribution in [0.5, 0.6) is 0 Å². The summed E-state index contributed by atoms with van der Waals surface area (Å²) in [6.45, 7) is 14.8. The third-order valence-corrected chi connectivity index (χ3v) is 23.0. The van der Waals surface area contributed by atoms with E-state index in [1.54, 1.807) is 6.07 Å². The van der Waals surface area contributed by atoms with Crippen LogP contribution in [-0.4, -0.2) is 257 Å². The first-order valence-electron chi connectivity index (χ1n) is 40.0. The molecular formula is C84H88ClN17O16S2. The van der Waals surface area contributed by atoms with Gasteiger partial charge in [0.1, 0.15) is 16.6 Å². The van der Waals surface area contributed by atoms with Crippen LogP contribution >= 0.6 is 12.4 Å². The van der Waals surface area contributed by atoms with Gasteiger partial charge in [-0.1, -0.05) is 36.4 Å². The fraction of sp³-hybridized carbons (Fsp3) is 0.381. The lowest BCUT2D eigenvalue weighted by atomic mass is 10.1. The van der Waals surface area contributed by atoms with Gasteiger partial charge < -0.3 is 71.3 Å². The maximum absolute atomic E-state index is 11.3. The van der Waals surface area contributed by atoms with Gasteiger partial charge in [-0.05, 0) is 104 Å². The number of carbonyl (C=O) groups excluding carboxylic acids is 1. The number of morpholine rings is 5. The number of anilines is 3. The molecule has 624 valence electrons. The number of ether oxygens (including phenoxy) is 6. The van der Waals surface area contributed by atoms with E-state index in [9.17, 15) is 21.6 Å².